The van der Waals surface area contributed by atoms with Crippen LogP contribution in [0.1, 0.15) is 23.7 Å². The van der Waals surface area contributed by atoms with Gasteiger partial charge in [0.25, 0.3) is 5.91 Å². The van der Waals surface area contributed by atoms with Gasteiger partial charge in [-0.25, -0.2) is 4.98 Å². The van der Waals surface area contributed by atoms with E-state index in [-0.39, 0.29) is 23.9 Å². The van der Waals surface area contributed by atoms with Crippen molar-refractivity contribution in [2.75, 3.05) is 35.3 Å². The Morgan fingerprint density at radius 2 is 2.15 bits per heavy atom. The van der Waals surface area contributed by atoms with Crippen molar-refractivity contribution in [3.8, 4) is 0 Å². The topological polar surface area (TPSA) is 77.6 Å². The van der Waals surface area contributed by atoms with Crippen LogP contribution in [0.3, 0.4) is 0 Å². The number of rotatable bonds is 3. The quantitative estimate of drug-likeness (QED) is 0.868. The lowest BCUT2D eigenvalue weighted by atomic mass is 10.1. The number of hydrogen-bond donors (Lipinski definition) is 2. The van der Waals surface area contributed by atoms with E-state index >= 15 is 0 Å². The molecule has 1 aromatic heterocycles. The summed E-state index contributed by atoms with van der Waals surface area (Å²) in [6.45, 7) is 3.46. The number of benzene rings is 1. The zero-order chi connectivity index (χ0) is 19.0. The summed E-state index contributed by atoms with van der Waals surface area (Å²) in [4.78, 5) is 33.2. The minimum atomic E-state index is -0.228. The number of aromatic nitrogens is 1. The van der Waals surface area contributed by atoms with Crippen molar-refractivity contribution in [2.24, 2.45) is 0 Å². The second kappa shape index (κ2) is 6.90. The molecule has 2 amide bonds. The number of hydrogen-bond acceptors (Lipinski definition) is 5. The molecular weight excluding hydrogens is 342 g/mol. The summed E-state index contributed by atoms with van der Waals surface area (Å²) in [5.41, 5.74) is 2.14. The molecule has 2 aliphatic rings. The monoisotopic (exact) mass is 365 g/mol. The van der Waals surface area contributed by atoms with Crippen molar-refractivity contribution in [1.82, 2.24) is 10.3 Å². The highest BCUT2D eigenvalue weighted by Crippen LogP contribution is 2.31. The molecule has 2 unspecified atom stereocenters. The van der Waals surface area contributed by atoms with Gasteiger partial charge in [-0.3, -0.25) is 9.59 Å². The first-order chi connectivity index (χ1) is 13.0. The molecule has 4 rings (SSSR count). The number of anilines is 3. The number of likely N-dealkylation sites (N-methyl/N-ethyl adjacent to an activating group) is 1. The molecule has 1 saturated heterocycles. The fourth-order valence-electron chi connectivity index (χ4n) is 3.60. The summed E-state index contributed by atoms with van der Waals surface area (Å²) >= 11 is 0. The number of carbonyl (C=O) groups is 2. The SMILES string of the molecule is CC1C(=O)Nc2cc(C(=O)NC3CCN(c4ccccn4)C3)ccc2N1C. The molecule has 1 aromatic carbocycles. The van der Waals surface area contributed by atoms with Crippen molar-refractivity contribution in [3.05, 3.63) is 48.2 Å². The van der Waals surface area contributed by atoms with Crippen LogP contribution >= 0.6 is 0 Å². The standard InChI is InChI=1S/C20H23N5O2/c1-13-19(26)23-16-11-14(6-7-17(16)24(13)2)20(27)22-15-8-10-25(12-15)18-5-3-4-9-21-18/h3-7,9,11,13,15H,8,10,12H2,1-2H3,(H,22,27)(H,23,26). The number of nitrogens with zero attached hydrogens (tertiary/aromatic N) is 3. The molecule has 140 valence electrons. The van der Waals surface area contributed by atoms with Gasteiger partial charge >= 0.3 is 0 Å². The largest absolute Gasteiger partial charge is 0.361 e. The molecule has 0 spiro atoms. The Kier molecular flexibility index (Phi) is 4.43. The summed E-state index contributed by atoms with van der Waals surface area (Å²) in [6.07, 6.45) is 2.66. The zero-order valence-electron chi connectivity index (χ0n) is 15.5. The van der Waals surface area contributed by atoms with E-state index in [1.165, 1.54) is 0 Å². The molecule has 2 N–H and O–H groups in total. The van der Waals surface area contributed by atoms with Gasteiger partial charge < -0.3 is 20.4 Å². The number of fused-ring (bicyclic) bond motifs is 1. The predicted molar refractivity (Wildman–Crippen MR) is 105 cm³/mol. The minimum absolute atomic E-state index is 0.0654. The molecule has 1 fully saturated rings. The van der Waals surface area contributed by atoms with Crippen LogP contribution in [0.25, 0.3) is 0 Å². The fraction of sp³-hybridized carbons (Fsp3) is 0.350. The lowest BCUT2D eigenvalue weighted by Gasteiger charge is -2.33. The third-order valence-electron chi connectivity index (χ3n) is 5.35. The Morgan fingerprint density at radius 3 is 2.93 bits per heavy atom. The summed E-state index contributed by atoms with van der Waals surface area (Å²) < 4.78 is 0. The van der Waals surface area contributed by atoms with E-state index in [1.807, 2.05) is 43.1 Å². The van der Waals surface area contributed by atoms with Crippen LogP contribution in [0.2, 0.25) is 0 Å². The number of nitrogens with one attached hydrogen (secondary N) is 2. The molecule has 27 heavy (non-hydrogen) atoms. The maximum atomic E-state index is 12.7. The van der Waals surface area contributed by atoms with Crippen molar-refractivity contribution in [2.45, 2.75) is 25.4 Å². The Bertz CT molecular complexity index is 870. The van der Waals surface area contributed by atoms with Crippen LogP contribution in [0.15, 0.2) is 42.6 Å². The Hall–Kier alpha value is -3.09. The average molecular weight is 365 g/mol. The molecule has 7 nitrogen and oxygen atoms in total. The van der Waals surface area contributed by atoms with Gasteiger partial charge in [0.05, 0.1) is 11.4 Å². The van der Waals surface area contributed by atoms with Crippen molar-refractivity contribution < 1.29 is 9.59 Å². The summed E-state index contributed by atoms with van der Waals surface area (Å²) in [7, 11) is 1.88. The maximum absolute atomic E-state index is 12.7. The van der Waals surface area contributed by atoms with Crippen LogP contribution in [0.5, 0.6) is 0 Å². The third kappa shape index (κ3) is 3.32. The van der Waals surface area contributed by atoms with E-state index in [0.29, 0.717) is 11.3 Å². The zero-order valence-corrected chi connectivity index (χ0v) is 15.5. The summed E-state index contributed by atoms with van der Waals surface area (Å²) in [6, 6.07) is 11.1. The van der Waals surface area contributed by atoms with Gasteiger partial charge in [0.2, 0.25) is 5.91 Å². The van der Waals surface area contributed by atoms with E-state index < -0.39 is 0 Å². The molecule has 2 aromatic rings. The van der Waals surface area contributed by atoms with Gasteiger partial charge in [-0.1, -0.05) is 6.07 Å². The lowest BCUT2D eigenvalue weighted by molar-refractivity contribution is -0.117. The summed E-state index contributed by atoms with van der Waals surface area (Å²) in [5, 5.41) is 5.98. The summed E-state index contributed by atoms with van der Waals surface area (Å²) in [5.74, 6) is 0.744. The van der Waals surface area contributed by atoms with E-state index in [9.17, 15) is 9.59 Å². The van der Waals surface area contributed by atoms with Crippen LogP contribution in [0, 0.1) is 0 Å². The van der Waals surface area contributed by atoms with E-state index in [0.717, 1.165) is 31.0 Å². The highest BCUT2D eigenvalue weighted by Gasteiger charge is 2.28. The maximum Gasteiger partial charge on any atom is 0.251 e. The first-order valence-electron chi connectivity index (χ1n) is 9.17. The highest BCUT2D eigenvalue weighted by atomic mass is 16.2. The molecule has 0 saturated carbocycles. The van der Waals surface area contributed by atoms with Gasteiger partial charge in [-0.05, 0) is 43.7 Å². The fourth-order valence-corrected chi connectivity index (χ4v) is 3.60. The van der Waals surface area contributed by atoms with E-state index in [2.05, 4.69) is 20.5 Å². The molecule has 7 heteroatoms. The first-order valence-corrected chi connectivity index (χ1v) is 9.17. The van der Waals surface area contributed by atoms with Crippen molar-refractivity contribution >= 4 is 29.0 Å². The van der Waals surface area contributed by atoms with Crippen LogP contribution in [-0.2, 0) is 4.79 Å². The molecule has 0 bridgehead atoms. The molecule has 2 aliphatic heterocycles. The molecule has 2 atom stereocenters. The second-order valence-corrected chi connectivity index (χ2v) is 7.10. The van der Waals surface area contributed by atoms with E-state index in [1.54, 1.807) is 18.3 Å². The van der Waals surface area contributed by atoms with Gasteiger partial charge in [0.15, 0.2) is 0 Å². The van der Waals surface area contributed by atoms with E-state index in [4.69, 9.17) is 0 Å². The third-order valence-corrected chi connectivity index (χ3v) is 5.35. The van der Waals surface area contributed by atoms with Crippen molar-refractivity contribution in [3.63, 3.8) is 0 Å². The van der Waals surface area contributed by atoms with Gasteiger partial charge in [0, 0.05) is 37.9 Å². The van der Waals surface area contributed by atoms with Gasteiger partial charge in [-0.2, -0.15) is 0 Å². The first kappa shape index (κ1) is 17.3. The normalized spacial score (nSPS) is 21.6. The predicted octanol–water partition coefficient (Wildman–Crippen LogP) is 1.87. The highest BCUT2D eigenvalue weighted by molar-refractivity contribution is 6.05. The second-order valence-electron chi connectivity index (χ2n) is 7.10. The van der Waals surface area contributed by atoms with Crippen LogP contribution < -0.4 is 20.4 Å². The molecule has 0 aliphatic carbocycles. The Morgan fingerprint density at radius 1 is 1.30 bits per heavy atom. The number of carbonyl (C=O) groups excluding carboxylic acids is 2. The van der Waals surface area contributed by atoms with Gasteiger partial charge in [0.1, 0.15) is 11.9 Å². The minimum Gasteiger partial charge on any atom is -0.361 e. The van der Waals surface area contributed by atoms with Crippen molar-refractivity contribution in [1.29, 1.82) is 0 Å². The number of pyridine rings is 1. The smallest absolute Gasteiger partial charge is 0.251 e. The molecule has 3 heterocycles. The van der Waals surface area contributed by atoms with Gasteiger partial charge in [-0.15, -0.1) is 0 Å². The lowest BCUT2D eigenvalue weighted by Crippen LogP contribution is -2.44. The molecular formula is C20H23N5O2. The molecule has 0 radical (unpaired) electrons. The Balaban J connectivity index is 1.44. The Labute approximate surface area is 158 Å². The van der Waals surface area contributed by atoms with Crippen LogP contribution in [-0.4, -0.2) is 49.0 Å². The number of amides is 2. The average Bonchev–Trinajstić information content (AvgIpc) is 3.15. The van der Waals surface area contributed by atoms with Crippen LogP contribution in [0.4, 0.5) is 17.2 Å².